The molecule has 0 bridgehead atoms. The zero-order valence-corrected chi connectivity index (χ0v) is 13.7. The first-order valence-corrected chi connectivity index (χ1v) is 8.03. The Labute approximate surface area is 125 Å². The molecule has 0 aromatic carbocycles. The van der Waals surface area contributed by atoms with Gasteiger partial charge in [0.05, 0.1) is 4.47 Å². The summed E-state index contributed by atoms with van der Waals surface area (Å²) in [5.41, 5.74) is 5.89. The molecule has 1 fully saturated rings. The Kier molecular flexibility index (Phi) is 5.04. The predicted molar refractivity (Wildman–Crippen MR) is 82.8 cm³/mol. The van der Waals surface area contributed by atoms with Crippen LogP contribution in [0.5, 0.6) is 0 Å². The van der Waals surface area contributed by atoms with Gasteiger partial charge in [0.15, 0.2) is 0 Å². The van der Waals surface area contributed by atoms with E-state index in [4.69, 9.17) is 5.73 Å². The van der Waals surface area contributed by atoms with E-state index in [2.05, 4.69) is 54.7 Å². The van der Waals surface area contributed by atoms with E-state index in [0.29, 0.717) is 12.0 Å². The van der Waals surface area contributed by atoms with E-state index >= 15 is 0 Å². The van der Waals surface area contributed by atoms with E-state index in [9.17, 15) is 0 Å². The van der Waals surface area contributed by atoms with Crippen LogP contribution in [-0.2, 0) is 0 Å². The minimum atomic E-state index is 0.532. The molecule has 18 heavy (non-hydrogen) atoms. The summed E-state index contributed by atoms with van der Waals surface area (Å²) in [7, 11) is 0. The van der Waals surface area contributed by atoms with Gasteiger partial charge in [-0.05, 0) is 70.2 Å². The van der Waals surface area contributed by atoms with Gasteiger partial charge in [-0.3, -0.25) is 0 Å². The molecule has 1 aromatic rings. The average molecular weight is 377 g/mol. The third-order valence-electron chi connectivity index (χ3n) is 3.72. The lowest BCUT2D eigenvalue weighted by molar-refractivity contribution is 0.459. The van der Waals surface area contributed by atoms with E-state index in [1.807, 2.05) is 6.20 Å². The number of rotatable bonds is 4. The fourth-order valence-corrected chi connectivity index (χ4v) is 4.08. The minimum Gasteiger partial charge on any atom is -0.353 e. The first-order valence-electron chi connectivity index (χ1n) is 6.45. The lowest BCUT2D eigenvalue weighted by Gasteiger charge is -2.33. The van der Waals surface area contributed by atoms with E-state index in [-0.39, 0.29) is 0 Å². The fraction of sp³-hybridized carbons (Fsp3) is 0.615. The second-order valence-corrected chi connectivity index (χ2v) is 6.51. The maximum absolute atomic E-state index is 5.89. The standard InChI is InChI=1S/C13H19Br2N3/c1-2-18(12-5-3-4-9(12)7-16)13-11(15)6-10(14)8-17-13/h6,8-9,12H,2-5,7,16H2,1H3. The Morgan fingerprint density at radius 1 is 1.44 bits per heavy atom. The van der Waals surface area contributed by atoms with Crippen LogP contribution in [0.3, 0.4) is 0 Å². The molecular formula is C13H19Br2N3. The number of nitrogens with zero attached hydrogens (tertiary/aromatic N) is 2. The summed E-state index contributed by atoms with van der Waals surface area (Å²) in [6.07, 6.45) is 5.60. The maximum Gasteiger partial charge on any atom is 0.143 e. The molecule has 2 atom stereocenters. The number of hydrogen-bond acceptors (Lipinski definition) is 3. The summed E-state index contributed by atoms with van der Waals surface area (Å²) in [6.45, 7) is 3.92. The summed E-state index contributed by atoms with van der Waals surface area (Å²) < 4.78 is 2.04. The van der Waals surface area contributed by atoms with E-state index in [1.54, 1.807) is 0 Å². The summed E-state index contributed by atoms with van der Waals surface area (Å²) in [5.74, 6) is 1.63. The molecule has 100 valence electrons. The number of hydrogen-bond donors (Lipinski definition) is 1. The molecule has 5 heteroatoms. The summed E-state index contributed by atoms with van der Waals surface area (Å²) in [5, 5.41) is 0. The van der Waals surface area contributed by atoms with Gasteiger partial charge < -0.3 is 10.6 Å². The normalized spacial score (nSPS) is 23.3. The molecule has 0 amide bonds. The van der Waals surface area contributed by atoms with E-state index in [1.165, 1.54) is 19.3 Å². The van der Waals surface area contributed by atoms with Crippen molar-refractivity contribution in [2.24, 2.45) is 11.7 Å². The highest BCUT2D eigenvalue weighted by Crippen LogP contribution is 2.35. The van der Waals surface area contributed by atoms with Crippen LogP contribution in [0.25, 0.3) is 0 Å². The SMILES string of the molecule is CCN(c1ncc(Br)cc1Br)C1CCCC1CN. The highest BCUT2D eigenvalue weighted by atomic mass is 79.9. The summed E-state index contributed by atoms with van der Waals surface area (Å²) >= 11 is 7.06. The van der Waals surface area contributed by atoms with Gasteiger partial charge in [0.2, 0.25) is 0 Å². The third-order valence-corrected chi connectivity index (χ3v) is 4.74. The van der Waals surface area contributed by atoms with Crippen LogP contribution in [0.2, 0.25) is 0 Å². The number of aromatic nitrogens is 1. The number of pyridine rings is 1. The molecular weight excluding hydrogens is 358 g/mol. The van der Waals surface area contributed by atoms with Crippen LogP contribution in [0.4, 0.5) is 5.82 Å². The number of nitrogens with two attached hydrogens (primary N) is 1. The van der Waals surface area contributed by atoms with E-state index in [0.717, 1.165) is 27.9 Å². The molecule has 3 nitrogen and oxygen atoms in total. The monoisotopic (exact) mass is 375 g/mol. The quantitative estimate of drug-likeness (QED) is 0.873. The molecule has 1 aromatic heterocycles. The molecule has 2 N–H and O–H groups in total. The topological polar surface area (TPSA) is 42.2 Å². The van der Waals surface area contributed by atoms with Crippen molar-refractivity contribution in [3.8, 4) is 0 Å². The van der Waals surface area contributed by atoms with Gasteiger partial charge in [-0.25, -0.2) is 4.98 Å². The lowest BCUT2D eigenvalue weighted by atomic mass is 10.0. The smallest absolute Gasteiger partial charge is 0.143 e. The first-order chi connectivity index (χ1) is 8.67. The molecule has 1 heterocycles. The Bertz CT molecular complexity index is 411. The maximum atomic E-state index is 5.89. The van der Waals surface area contributed by atoms with Crippen molar-refractivity contribution in [1.82, 2.24) is 4.98 Å². The highest BCUT2D eigenvalue weighted by molar-refractivity contribution is 9.11. The Morgan fingerprint density at radius 3 is 2.83 bits per heavy atom. The van der Waals surface area contributed by atoms with Crippen molar-refractivity contribution in [3.05, 3.63) is 21.2 Å². The lowest BCUT2D eigenvalue weighted by Crippen LogP contribution is -2.41. The molecule has 0 aliphatic heterocycles. The number of halogens is 2. The predicted octanol–water partition coefficient (Wildman–Crippen LogP) is 3.56. The fourth-order valence-electron chi connectivity index (χ4n) is 2.86. The zero-order valence-electron chi connectivity index (χ0n) is 10.6. The molecule has 0 spiro atoms. The molecule has 2 unspecified atom stereocenters. The van der Waals surface area contributed by atoms with Crippen molar-refractivity contribution >= 4 is 37.7 Å². The molecule has 2 rings (SSSR count). The van der Waals surface area contributed by atoms with Crippen molar-refractivity contribution in [1.29, 1.82) is 0 Å². The average Bonchev–Trinajstić information content (AvgIpc) is 2.81. The summed E-state index contributed by atoms with van der Waals surface area (Å²) in [4.78, 5) is 6.94. The zero-order chi connectivity index (χ0) is 13.1. The van der Waals surface area contributed by atoms with Crippen LogP contribution in [-0.4, -0.2) is 24.1 Å². The molecule has 0 radical (unpaired) electrons. The molecule has 1 saturated carbocycles. The third kappa shape index (κ3) is 2.89. The van der Waals surface area contributed by atoms with Crippen LogP contribution in [0.1, 0.15) is 26.2 Å². The van der Waals surface area contributed by atoms with Gasteiger partial charge in [0.1, 0.15) is 5.82 Å². The van der Waals surface area contributed by atoms with Crippen molar-refractivity contribution < 1.29 is 0 Å². The van der Waals surface area contributed by atoms with Crippen LogP contribution in [0.15, 0.2) is 21.2 Å². The first kappa shape index (κ1) is 14.3. The van der Waals surface area contributed by atoms with Gasteiger partial charge in [-0.2, -0.15) is 0 Å². The van der Waals surface area contributed by atoms with Crippen molar-refractivity contribution in [2.75, 3.05) is 18.0 Å². The highest BCUT2D eigenvalue weighted by Gasteiger charge is 2.31. The Morgan fingerprint density at radius 2 is 2.22 bits per heavy atom. The van der Waals surface area contributed by atoms with Gasteiger partial charge in [0.25, 0.3) is 0 Å². The largest absolute Gasteiger partial charge is 0.353 e. The van der Waals surface area contributed by atoms with Gasteiger partial charge in [-0.1, -0.05) is 6.42 Å². The van der Waals surface area contributed by atoms with Crippen LogP contribution >= 0.6 is 31.9 Å². The number of anilines is 1. The Hall–Kier alpha value is -0.130. The van der Waals surface area contributed by atoms with Gasteiger partial charge in [-0.15, -0.1) is 0 Å². The second kappa shape index (κ2) is 6.35. The van der Waals surface area contributed by atoms with Crippen molar-refractivity contribution in [3.63, 3.8) is 0 Å². The Balaban J connectivity index is 2.27. The molecule has 0 saturated heterocycles. The molecule has 1 aliphatic rings. The van der Waals surface area contributed by atoms with E-state index < -0.39 is 0 Å². The van der Waals surface area contributed by atoms with Gasteiger partial charge in [0, 0.05) is 23.3 Å². The summed E-state index contributed by atoms with van der Waals surface area (Å²) in [6, 6.07) is 2.59. The van der Waals surface area contributed by atoms with Crippen LogP contribution in [0, 0.1) is 5.92 Å². The minimum absolute atomic E-state index is 0.532. The van der Waals surface area contributed by atoms with Crippen molar-refractivity contribution in [2.45, 2.75) is 32.2 Å². The van der Waals surface area contributed by atoms with Crippen LogP contribution < -0.4 is 10.6 Å². The van der Waals surface area contributed by atoms with Gasteiger partial charge >= 0.3 is 0 Å². The molecule has 1 aliphatic carbocycles. The second-order valence-electron chi connectivity index (χ2n) is 4.74.